The van der Waals surface area contributed by atoms with Crippen LogP contribution >= 0.6 is 11.8 Å². The molecule has 5 rings (SSSR count). The summed E-state index contributed by atoms with van der Waals surface area (Å²) in [5.41, 5.74) is 0. The van der Waals surface area contributed by atoms with Crippen LogP contribution in [0.5, 0.6) is 0 Å². The molecule has 0 bridgehead atoms. The summed E-state index contributed by atoms with van der Waals surface area (Å²) in [6.45, 7) is 1.13. The fraction of sp³-hybridized carbons (Fsp3) is 0.478. The normalized spacial score (nSPS) is 16.5. The van der Waals surface area contributed by atoms with E-state index in [2.05, 4.69) is 25.6 Å². The molecule has 1 aliphatic carbocycles. The lowest BCUT2D eigenvalue weighted by Gasteiger charge is -2.16. The van der Waals surface area contributed by atoms with Gasteiger partial charge in [0.15, 0.2) is 11.0 Å². The summed E-state index contributed by atoms with van der Waals surface area (Å²) in [7, 11) is 0. The summed E-state index contributed by atoms with van der Waals surface area (Å²) in [5, 5.41) is 16.8. The Kier molecular flexibility index (Phi) is 6.89. The van der Waals surface area contributed by atoms with Gasteiger partial charge in [0.05, 0.1) is 18.8 Å². The third-order valence-corrected chi connectivity index (χ3v) is 7.18. The van der Waals surface area contributed by atoms with Crippen molar-refractivity contribution in [3.63, 3.8) is 0 Å². The number of carbonyl (C=O) groups excluding carboxylic acids is 2. The molecule has 11 heteroatoms. The molecule has 178 valence electrons. The van der Waals surface area contributed by atoms with Gasteiger partial charge in [-0.1, -0.05) is 30.7 Å². The van der Waals surface area contributed by atoms with Gasteiger partial charge in [0, 0.05) is 37.4 Å². The van der Waals surface area contributed by atoms with Crippen molar-refractivity contribution in [2.24, 2.45) is 0 Å². The lowest BCUT2D eigenvalue weighted by Crippen LogP contribution is -2.25. The van der Waals surface area contributed by atoms with E-state index in [1.54, 1.807) is 17.3 Å². The van der Waals surface area contributed by atoms with Crippen LogP contribution in [0.25, 0.3) is 5.82 Å². The first-order valence-electron chi connectivity index (χ1n) is 11.8. The first kappa shape index (κ1) is 22.6. The van der Waals surface area contributed by atoms with Gasteiger partial charge in [-0.05, 0) is 31.4 Å². The van der Waals surface area contributed by atoms with Crippen molar-refractivity contribution in [1.82, 2.24) is 34.4 Å². The highest BCUT2D eigenvalue weighted by Gasteiger charge is 2.25. The van der Waals surface area contributed by atoms with Crippen LogP contribution in [0.15, 0.2) is 41.8 Å². The van der Waals surface area contributed by atoms with Gasteiger partial charge >= 0.3 is 0 Å². The number of aromatic nitrogens is 6. The number of carbonyl (C=O) groups is 2. The van der Waals surface area contributed by atoms with E-state index in [1.807, 2.05) is 33.5 Å². The van der Waals surface area contributed by atoms with Crippen LogP contribution in [0.1, 0.15) is 56.8 Å². The number of nitrogens with one attached hydrogen (secondary N) is 1. The van der Waals surface area contributed by atoms with Crippen molar-refractivity contribution >= 4 is 29.4 Å². The maximum absolute atomic E-state index is 12.6. The van der Waals surface area contributed by atoms with E-state index >= 15 is 0 Å². The van der Waals surface area contributed by atoms with E-state index in [4.69, 9.17) is 0 Å². The highest BCUT2D eigenvalue weighted by molar-refractivity contribution is 7.99. The number of hydrogen-bond acceptors (Lipinski definition) is 7. The summed E-state index contributed by atoms with van der Waals surface area (Å²) in [4.78, 5) is 31.0. The van der Waals surface area contributed by atoms with E-state index in [1.165, 1.54) is 24.6 Å². The number of pyridine rings is 1. The van der Waals surface area contributed by atoms with Gasteiger partial charge in [-0.25, -0.2) is 9.67 Å². The zero-order valence-corrected chi connectivity index (χ0v) is 19.8. The van der Waals surface area contributed by atoms with Gasteiger partial charge in [-0.15, -0.1) is 10.2 Å². The minimum absolute atomic E-state index is 0.0564. The number of anilines is 1. The second kappa shape index (κ2) is 10.4. The molecule has 4 heterocycles. The lowest BCUT2D eigenvalue weighted by molar-refractivity contribution is -0.128. The topological polar surface area (TPSA) is 111 Å². The van der Waals surface area contributed by atoms with Crippen molar-refractivity contribution in [3.05, 3.63) is 42.5 Å². The summed E-state index contributed by atoms with van der Waals surface area (Å²) in [5.74, 6) is 2.74. The number of nitrogens with zero attached hydrogens (tertiary/aromatic N) is 7. The fourth-order valence-electron chi connectivity index (χ4n) is 4.55. The predicted octanol–water partition coefficient (Wildman–Crippen LogP) is 3.22. The highest BCUT2D eigenvalue weighted by atomic mass is 32.2. The molecular weight excluding hydrogens is 452 g/mol. The van der Waals surface area contributed by atoms with Gasteiger partial charge < -0.3 is 10.2 Å². The summed E-state index contributed by atoms with van der Waals surface area (Å²) in [6, 6.07) is 7.87. The van der Waals surface area contributed by atoms with E-state index in [0.717, 1.165) is 31.6 Å². The average Bonchev–Trinajstić information content (AvgIpc) is 3.64. The molecule has 1 aliphatic heterocycles. The molecule has 2 amide bonds. The van der Waals surface area contributed by atoms with E-state index in [0.29, 0.717) is 48.0 Å². The maximum Gasteiger partial charge on any atom is 0.226 e. The van der Waals surface area contributed by atoms with Gasteiger partial charge in [0.1, 0.15) is 11.6 Å². The number of amides is 2. The van der Waals surface area contributed by atoms with Crippen molar-refractivity contribution in [3.8, 4) is 5.82 Å². The third kappa shape index (κ3) is 4.98. The zero-order valence-electron chi connectivity index (χ0n) is 19.0. The molecule has 1 N–H and O–H groups in total. The molecule has 2 aliphatic rings. The second-order valence-electron chi connectivity index (χ2n) is 8.59. The van der Waals surface area contributed by atoms with Crippen molar-refractivity contribution in [2.75, 3.05) is 17.6 Å². The Labute approximate surface area is 202 Å². The SMILES string of the molecule is O=C(CCSc1nnc(CN2CCCC2=O)n1-c1ccccn1)Nc1ccnn1C1CCCC1. The third-order valence-electron chi connectivity index (χ3n) is 6.25. The minimum Gasteiger partial charge on any atom is -0.335 e. The largest absolute Gasteiger partial charge is 0.335 e. The van der Waals surface area contributed by atoms with Crippen LogP contribution in [0.2, 0.25) is 0 Å². The number of thioether (sulfide) groups is 1. The first-order valence-corrected chi connectivity index (χ1v) is 12.8. The van der Waals surface area contributed by atoms with Crippen molar-refractivity contribution in [1.29, 1.82) is 0 Å². The quantitative estimate of drug-likeness (QED) is 0.468. The molecule has 10 nitrogen and oxygen atoms in total. The molecule has 0 unspecified atom stereocenters. The Morgan fingerprint density at radius 1 is 1.12 bits per heavy atom. The predicted molar refractivity (Wildman–Crippen MR) is 128 cm³/mol. The standard InChI is InChI=1S/C23H28N8O2S/c32-21(26-19-10-13-25-31(19)17-6-1-2-7-17)11-15-34-23-28-27-20(16-29-14-5-9-22(29)33)30(23)18-8-3-4-12-24-18/h3-4,8,10,12-13,17H,1-2,5-7,9,11,14-16H2,(H,26,32). The first-order chi connectivity index (χ1) is 16.7. The van der Waals surface area contributed by atoms with Gasteiger partial charge in [0.25, 0.3) is 0 Å². The Hall–Kier alpha value is -3.21. The average molecular weight is 481 g/mol. The Balaban J connectivity index is 1.23. The molecule has 2 fully saturated rings. The molecule has 0 atom stereocenters. The van der Waals surface area contributed by atoms with Crippen molar-refractivity contribution in [2.45, 2.75) is 62.7 Å². The maximum atomic E-state index is 12.6. The number of likely N-dealkylation sites (tertiary alicyclic amines) is 1. The van der Waals surface area contributed by atoms with Gasteiger partial charge in [-0.3, -0.25) is 14.2 Å². The van der Waals surface area contributed by atoms with Crippen LogP contribution in [-0.4, -0.2) is 58.5 Å². The Bertz CT molecular complexity index is 1140. The van der Waals surface area contributed by atoms with Crippen LogP contribution in [0.4, 0.5) is 5.82 Å². The molecular formula is C23H28N8O2S. The Morgan fingerprint density at radius 3 is 2.76 bits per heavy atom. The monoisotopic (exact) mass is 480 g/mol. The Morgan fingerprint density at radius 2 is 2.00 bits per heavy atom. The summed E-state index contributed by atoms with van der Waals surface area (Å²) >= 11 is 1.45. The number of rotatable bonds is 9. The molecule has 0 spiro atoms. The fourth-order valence-corrected chi connectivity index (χ4v) is 5.44. The highest BCUT2D eigenvalue weighted by Crippen LogP contribution is 2.31. The van der Waals surface area contributed by atoms with Gasteiger partial charge in [0.2, 0.25) is 11.8 Å². The van der Waals surface area contributed by atoms with E-state index < -0.39 is 0 Å². The van der Waals surface area contributed by atoms with Crippen LogP contribution < -0.4 is 5.32 Å². The van der Waals surface area contributed by atoms with Crippen molar-refractivity contribution < 1.29 is 9.59 Å². The molecule has 1 saturated carbocycles. The minimum atomic E-state index is -0.0564. The second-order valence-corrected chi connectivity index (χ2v) is 9.65. The molecule has 3 aromatic heterocycles. The molecule has 0 radical (unpaired) electrons. The van der Waals surface area contributed by atoms with E-state index in [-0.39, 0.29) is 11.8 Å². The molecule has 0 aromatic carbocycles. The molecule has 34 heavy (non-hydrogen) atoms. The van der Waals surface area contributed by atoms with Crippen LogP contribution in [0.3, 0.4) is 0 Å². The molecule has 3 aromatic rings. The smallest absolute Gasteiger partial charge is 0.226 e. The van der Waals surface area contributed by atoms with Crippen LogP contribution in [-0.2, 0) is 16.1 Å². The molecule has 1 saturated heterocycles. The summed E-state index contributed by atoms with van der Waals surface area (Å²) in [6.07, 6.45) is 9.86. The van der Waals surface area contributed by atoms with E-state index in [9.17, 15) is 9.59 Å². The van der Waals surface area contributed by atoms with Crippen LogP contribution in [0, 0.1) is 0 Å². The summed E-state index contributed by atoms with van der Waals surface area (Å²) < 4.78 is 3.82. The lowest BCUT2D eigenvalue weighted by atomic mass is 10.2. The number of hydrogen-bond donors (Lipinski definition) is 1. The zero-order chi connectivity index (χ0) is 23.3. The van der Waals surface area contributed by atoms with Gasteiger partial charge in [-0.2, -0.15) is 5.10 Å².